The van der Waals surface area contributed by atoms with Crippen molar-refractivity contribution in [2.24, 2.45) is 0 Å². The topological polar surface area (TPSA) is 97.4 Å². The van der Waals surface area contributed by atoms with Crippen molar-refractivity contribution in [1.82, 2.24) is 10.3 Å². The van der Waals surface area contributed by atoms with Crippen molar-refractivity contribution in [1.29, 1.82) is 0 Å². The van der Waals surface area contributed by atoms with Crippen LogP contribution in [0.2, 0.25) is 5.02 Å². The van der Waals surface area contributed by atoms with E-state index in [1.54, 1.807) is 36.4 Å². The largest absolute Gasteiger partial charge is 0.439 e. The molecule has 0 bridgehead atoms. The Hall–Kier alpha value is -3.10. The summed E-state index contributed by atoms with van der Waals surface area (Å²) >= 11 is 5.81. The fourth-order valence-corrected chi connectivity index (χ4v) is 4.64. The van der Waals surface area contributed by atoms with Crippen LogP contribution in [-0.4, -0.2) is 25.4 Å². The highest BCUT2D eigenvalue weighted by molar-refractivity contribution is 7.92. The van der Waals surface area contributed by atoms with Gasteiger partial charge in [0.1, 0.15) is 5.75 Å². The summed E-state index contributed by atoms with van der Waals surface area (Å²) in [5, 5.41) is 3.48. The van der Waals surface area contributed by atoms with Gasteiger partial charge < -0.3 is 10.1 Å². The zero-order chi connectivity index (χ0) is 22.6. The molecule has 7 nitrogen and oxygen atoms in total. The first kappa shape index (κ1) is 22.1. The van der Waals surface area contributed by atoms with Crippen LogP contribution >= 0.6 is 11.6 Å². The average molecular weight is 472 g/mol. The molecular weight excluding hydrogens is 450 g/mol. The maximum atomic E-state index is 12.5. The monoisotopic (exact) mass is 471 g/mol. The van der Waals surface area contributed by atoms with Crippen molar-refractivity contribution in [3.05, 3.63) is 77.4 Å². The molecule has 0 saturated heterocycles. The molecule has 3 aromatic rings. The highest BCUT2D eigenvalue weighted by Gasteiger charge is 2.18. The predicted octanol–water partition coefficient (Wildman–Crippen LogP) is 5.00. The van der Waals surface area contributed by atoms with E-state index >= 15 is 0 Å². The molecule has 1 fully saturated rings. The van der Waals surface area contributed by atoms with Gasteiger partial charge in [0.15, 0.2) is 0 Å². The van der Waals surface area contributed by atoms with Crippen LogP contribution in [0.3, 0.4) is 0 Å². The average Bonchev–Trinajstić information content (AvgIpc) is 3.29. The first-order valence-corrected chi connectivity index (χ1v) is 12.1. The number of nitrogens with zero attached hydrogens (tertiary/aromatic N) is 1. The standard InChI is InChI=1S/C23H22ClN3O4S/c24-17-6-12-21(13-7-17)32(29,30)27-19-8-10-20(11-9-19)31-22-14-5-16(15-25-22)23(28)26-18-3-1-2-4-18/h5-15,18,27H,1-4H2,(H,26,28). The van der Waals surface area contributed by atoms with Crippen LogP contribution in [0, 0.1) is 0 Å². The molecule has 0 radical (unpaired) electrons. The Bertz CT molecular complexity index is 1180. The lowest BCUT2D eigenvalue weighted by Gasteiger charge is -2.12. The minimum Gasteiger partial charge on any atom is -0.439 e. The fraction of sp³-hybridized carbons (Fsp3) is 0.217. The first-order valence-electron chi connectivity index (χ1n) is 10.2. The number of hydrogen-bond acceptors (Lipinski definition) is 5. The van der Waals surface area contributed by atoms with Crippen LogP contribution < -0.4 is 14.8 Å². The summed E-state index contributed by atoms with van der Waals surface area (Å²) in [6, 6.07) is 15.9. The molecule has 4 rings (SSSR count). The van der Waals surface area contributed by atoms with Gasteiger partial charge in [-0.3, -0.25) is 9.52 Å². The maximum absolute atomic E-state index is 12.5. The predicted molar refractivity (Wildman–Crippen MR) is 123 cm³/mol. The third-order valence-electron chi connectivity index (χ3n) is 5.14. The second kappa shape index (κ2) is 9.58. The molecule has 1 heterocycles. The van der Waals surface area contributed by atoms with Crippen molar-refractivity contribution < 1.29 is 17.9 Å². The van der Waals surface area contributed by atoms with Crippen LogP contribution in [0.15, 0.2) is 71.8 Å². The zero-order valence-corrected chi connectivity index (χ0v) is 18.7. The number of benzene rings is 2. The van der Waals surface area contributed by atoms with Gasteiger partial charge in [-0.25, -0.2) is 13.4 Å². The molecule has 1 aliphatic carbocycles. The Kier molecular flexibility index (Phi) is 6.62. The molecule has 32 heavy (non-hydrogen) atoms. The van der Waals surface area contributed by atoms with Crippen molar-refractivity contribution in [3.8, 4) is 11.6 Å². The van der Waals surface area contributed by atoms with E-state index in [0.29, 0.717) is 27.9 Å². The van der Waals surface area contributed by atoms with Gasteiger partial charge in [-0.15, -0.1) is 0 Å². The maximum Gasteiger partial charge on any atom is 0.261 e. The van der Waals surface area contributed by atoms with Crippen LogP contribution in [0.25, 0.3) is 0 Å². The van der Waals surface area contributed by atoms with Crippen LogP contribution in [0.5, 0.6) is 11.6 Å². The Morgan fingerprint density at radius 2 is 1.66 bits per heavy atom. The lowest BCUT2D eigenvalue weighted by Crippen LogP contribution is -2.32. The van der Waals surface area contributed by atoms with E-state index in [-0.39, 0.29) is 16.8 Å². The molecule has 1 saturated carbocycles. The molecule has 0 spiro atoms. The molecule has 166 valence electrons. The van der Waals surface area contributed by atoms with E-state index in [4.69, 9.17) is 16.3 Å². The molecule has 0 unspecified atom stereocenters. The van der Waals surface area contributed by atoms with Gasteiger partial charge in [-0.1, -0.05) is 24.4 Å². The van der Waals surface area contributed by atoms with Gasteiger partial charge in [-0.2, -0.15) is 0 Å². The Balaban J connectivity index is 1.36. The normalized spacial score (nSPS) is 14.2. The number of carbonyl (C=O) groups excluding carboxylic acids is 1. The van der Waals surface area contributed by atoms with Gasteiger partial charge in [0, 0.05) is 29.0 Å². The van der Waals surface area contributed by atoms with Crippen molar-refractivity contribution in [2.75, 3.05) is 4.72 Å². The number of nitrogens with one attached hydrogen (secondary N) is 2. The highest BCUT2D eigenvalue weighted by atomic mass is 35.5. The van der Waals surface area contributed by atoms with E-state index in [1.807, 2.05) is 0 Å². The molecule has 2 aromatic carbocycles. The number of rotatable bonds is 7. The van der Waals surface area contributed by atoms with Gasteiger partial charge in [0.05, 0.1) is 10.5 Å². The number of amides is 1. The number of pyridine rings is 1. The van der Waals surface area contributed by atoms with Crippen molar-refractivity contribution >= 4 is 33.2 Å². The summed E-state index contributed by atoms with van der Waals surface area (Å²) in [6.07, 6.45) is 5.82. The second-order valence-electron chi connectivity index (χ2n) is 7.53. The zero-order valence-electron chi connectivity index (χ0n) is 17.1. The number of carbonyl (C=O) groups is 1. The summed E-state index contributed by atoms with van der Waals surface area (Å²) in [7, 11) is -3.72. The van der Waals surface area contributed by atoms with Gasteiger partial charge >= 0.3 is 0 Å². The summed E-state index contributed by atoms with van der Waals surface area (Å²) in [5.74, 6) is 0.681. The van der Waals surface area contributed by atoms with Crippen LogP contribution in [0.4, 0.5) is 5.69 Å². The van der Waals surface area contributed by atoms with E-state index in [9.17, 15) is 13.2 Å². The van der Waals surface area contributed by atoms with Gasteiger partial charge in [0.25, 0.3) is 15.9 Å². The van der Waals surface area contributed by atoms with E-state index in [0.717, 1.165) is 25.7 Å². The molecule has 0 atom stereocenters. The minimum atomic E-state index is -3.72. The van der Waals surface area contributed by atoms with Gasteiger partial charge in [-0.05, 0) is 67.4 Å². The third kappa shape index (κ3) is 5.57. The quantitative estimate of drug-likeness (QED) is 0.505. The SMILES string of the molecule is O=C(NC1CCCC1)c1ccc(Oc2ccc(NS(=O)(=O)c3ccc(Cl)cc3)cc2)nc1. The smallest absolute Gasteiger partial charge is 0.261 e. The fourth-order valence-electron chi connectivity index (χ4n) is 3.45. The van der Waals surface area contributed by atoms with Crippen molar-refractivity contribution in [2.45, 2.75) is 36.6 Å². The van der Waals surface area contributed by atoms with Crippen molar-refractivity contribution in [3.63, 3.8) is 0 Å². The lowest BCUT2D eigenvalue weighted by molar-refractivity contribution is 0.0937. The molecule has 1 amide bonds. The highest BCUT2D eigenvalue weighted by Crippen LogP contribution is 2.24. The Morgan fingerprint density at radius 1 is 0.969 bits per heavy atom. The van der Waals surface area contributed by atoms with Crippen LogP contribution in [-0.2, 0) is 10.0 Å². The lowest BCUT2D eigenvalue weighted by atomic mass is 10.2. The second-order valence-corrected chi connectivity index (χ2v) is 9.64. The molecular formula is C23H22ClN3O4S. The number of sulfonamides is 1. The molecule has 0 aliphatic heterocycles. The number of aromatic nitrogens is 1. The molecule has 1 aliphatic rings. The van der Waals surface area contributed by atoms with E-state index in [2.05, 4.69) is 15.0 Å². The Labute approximate surface area is 191 Å². The Morgan fingerprint density at radius 3 is 2.28 bits per heavy atom. The minimum absolute atomic E-state index is 0.114. The first-order chi connectivity index (χ1) is 15.4. The molecule has 2 N–H and O–H groups in total. The molecule has 9 heteroatoms. The number of hydrogen-bond donors (Lipinski definition) is 2. The van der Waals surface area contributed by atoms with Gasteiger partial charge in [0.2, 0.25) is 5.88 Å². The van der Waals surface area contributed by atoms with E-state index < -0.39 is 10.0 Å². The summed E-state index contributed by atoms with van der Waals surface area (Å²) in [6.45, 7) is 0. The van der Waals surface area contributed by atoms with Crippen LogP contribution in [0.1, 0.15) is 36.0 Å². The summed E-state index contributed by atoms with van der Waals surface area (Å²) in [4.78, 5) is 16.6. The number of ether oxygens (including phenoxy) is 1. The molecule has 1 aromatic heterocycles. The third-order valence-corrected chi connectivity index (χ3v) is 6.79. The number of halogens is 1. The summed E-state index contributed by atoms with van der Waals surface area (Å²) in [5.41, 5.74) is 0.871. The van der Waals surface area contributed by atoms with E-state index in [1.165, 1.54) is 30.5 Å². The number of anilines is 1. The summed E-state index contributed by atoms with van der Waals surface area (Å²) < 4.78 is 33.1.